The summed E-state index contributed by atoms with van der Waals surface area (Å²) in [5.74, 6) is -0.447. The fourth-order valence-electron chi connectivity index (χ4n) is 1.52. The molecule has 1 atom stereocenters. The molecule has 1 fully saturated rings. The molecular formula is C8H14ClF3N2O2. The van der Waals surface area contributed by atoms with Gasteiger partial charge in [-0.1, -0.05) is 0 Å². The maximum Gasteiger partial charge on any atom is 0.419 e. The number of rotatable bonds is 2. The van der Waals surface area contributed by atoms with Gasteiger partial charge in [0.15, 0.2) is 5.60 Å². The predicted octanol–water partition coefficient (Wildman–Crippen LogP) is 0.283. The number of carbonyl (C=O) groups is 1. The van der Waals surface area contributed by atoms with Crippen LogP contribution in [0.15, 0.2) is 0 Å². The van der Waals surface area contributed by atoms with E-state index in [0.29, 0.717) is 0 Å². The Bertz CT molecular complexity index is 262. The minimum atomic E-state index is -4.69. The molecule has 0 aromatic heterocycles. The number of hydrogen-bond acceptors (Lipinski definition) is 3. The molecule has 3 N–H and O–H groups in total. The molecule has 1 heterocycles. The summed E-state index contributed by atoms with van der Waals surface area (Å²) in [5.41, 5.74) is 2.37. The summed E-state index contributed by atoms with van der Waals surface area (Å²) in [5, 5.41) is 9.27. The van der Waals surface area contributed by atoms with E-state index in [1.807, 2.05) is 0 Å². The van der Waals surface area contributed by atoms with Crippen LogP contribution in [0.1, 0.15) is 12.8 Å². The average Bonchev–Trinajstić information content (AvgIpc) is 2.48. The fraction of sp³-hybridized carbons (Fsp3) is 0.875. The molecule has 4 nitrogen and oxygen atoms in total. The molecule has 0 aromatic rings. The summed E-state index contributed by atoms with van der Waals surface area (Å²) >= 11 is 0. The zero-order valence-electron chi connectivity index (χ0n) is 8.46. The first-order valence-corrected chi connectivity index (χ1v) is 4.57. The molecular weight excluding hydrogens is 249 g/mol. The number of likely N-dealkylation sites (tertiary alicyclic amines) is 1. The van der Waals surface area contributed by atoms with Crippen molar-refractivity contribution in [2.75, 3.05) is 19.6 Å². The van der Waals surface area contributed by atoms with Crippen molar-refractivity contribution in [3.8, 4) is 0 Å². The van der Waals surface area contributed by atoms with E-state index in [2.05, 4.69) is 0 Å². The molecule has 8 heteroatoms. The third-order valence-electron chi connectivity index (χ3n) is 2.49. The van der Waals surface area contributed by atoms with E-state index in [4.69, 9.17) is 5.73 Å². The Labute approximate surface area is 97.0 Å². The summed E-state index contributed by atoms with van der Waals surface area (Å²) < 4.78 is 37.1. The lowest BCUT2D eigenvalue weighted by Crippen LogP contribution is -2.48. The van der Waals surface area contributed by atoms with E-state index >= 15 is 0 Å². The first-order valence-electron chi connectivity index (χ1n) is 4.57. The monoisotopic (exact) mass is 262 g/mol. The Morgan fingerprint density at radius 2 is 2.06 bits per heavy atom. The van der Waals surface area contributed by atoms with E-state index in [-0.39, 0.29) is 31.9 Å². The molecule has 0 spiro atoms. The number of carbonyl (C=O) groups excluding carboxylic acids is 1. The lowest BCUT2D eigenvalue weighted by molar-refractivity contribution is -0.253. The zero-order chi connectivity index (χ0) is 11.7. The lowest BCUT2D eigenvalue weighted by Gasteiger charge is -2.25. The maximum atomic E-state index is 12.4. The van der Waals surface area contributed by atoms with Gasteiger partial charge in [0.05, 0.1) is 6.54 Å². The van der Waals surface area contributed by atoms with Gasteiger partial charge in [-0.05, 0) is 0 Å². The molecule has 16 heavy (non-hydrogen) atoms. The standard InChI is InChI=1S/C8H13F3N2O2.ClH/c9-8(10,11)7(15)2-4-13(5-7)6(14)1-3-12;/h15H,1-5,12H2;1H. The molecule has 0 saturated carbocycles. The largest absolute Gasteiger partial charge is 0.419 e. The van der Waals surface area contributed by atoms with Gasteiger partial charge < -0.3 is 15.7 Å². The van der Waals surface area contributed by atoms with Gasteiger partial charge in [-0.25, -0.2) is 0 Å². The Kier molecular flexibility index (Phi) is 5.03. The van der Waals surface area contributed by atoms with Crippen LogP contribution in [0.2, 0.25) is 0 Å². The van der Waals surface area contributed by atoms with Crippen molar-refractivity contribution in [1.82, 2.24) is 4.90 Å². The highest BCUT2D eigenvalue weighted by Crippen LogP contribution is 2.37. The highest BCUT2D eigenvalue weighted by molar-refractivity contribution is 5.85. The number of nitrogens with two attached hydrogens (primary N) is 1. The minimum Gasteiger partial charge on any atom is -0.379 e. The number of alkyl halides is 3. The maximum absolute atomic E-state index is 12.4. The number of hydrogen-bond donors (Lipinski definition) is 2. The Balaban J connectivity index is 0.00000225. The second kappa shape index (κ2) is 5.20. The quantitative estimate of drug-likeness (QED) is 0.751. The summed E-state index contributed by atoms with van der Waals surface area (Å²) in [7, 11) is 0. The van der Waals surface area contributed by atoms with Crippen molar-refractivity contribution in [2.24, 2.45) is 5.73 Å². The number of halogens is 4. The third-order valence-corrected chi connectivity index (χ3v) is 2.49. The van der Waals surface area contributed by atoms with Gasteiger partial charge in [-0.2, -0.15) is 13.2 Å². The van der Waals surface area contributed by atoms with E-state index in [0.717, 1.165) is 4.90 Å². The SMILES string of the molecule is Cl.NCCC(=O)N1CCC(O)(C(F)(F)F)C1. The van der Waals surface area contributed by atoms with Crippen LogP contribution in [0.3, 0.4) is 0 Å². The second-order valence-corrected chi connectivity index (χ2v) is 3.63. The van der Waals surface area contributed by atoms with Crippen LogP contribution in [-0.2, 0) is 4.79 Å². The van der Waals surface area contributed by atoms with Crippen molar-refractivity contribution >= 4 is 18.3 Å². The molecule has 1 aliphatic rings. The van der Waals surface area contributed by atoms with Crippen LogP contribution >= 0.6 is 12.4 Å². The summed E-state index contributed by atoms with van der Waals surface area (Å²) in [6, 6.07) is 0. The van der Waals surface area contributed by atoms with Gasteiger partial charge in [0.2, 0.25) is 5.91 Å². The van der Waals surface area contributed by atoms with Gasteiger partial charge in [0, 0.05) is 25.9 Å². The van der Waals surface area contributed by atoms with Crippen LogP contribution in [0, 0.1) is 0 Å². The molecule has 1 amide bonds. The predicted molar refractivity (Wildman–Crippen MR) is 53.1 cm³/mol. The van der Waals surface area contributed by atoms with Gasteiger partial charge in [0.1, 0.15) is 0 Å². The van der Waals surface area contributed by atoms with Crippen LogP contribution in [0.25, 0.3) is 0 Å². The van der Waals surface area contributed by atoms with Gasteiger partial charge in [0.25, 0.3) is 0 Å². The fourth-order valence-corrected chi connectivity index (χ4v) is 1.52. The number of nitrogens with zero attached hydrogens (tertiary/aromatic N) is 1. The Morgan fingerprint density at radius 1 is 1.50 bits per heavy atom. The number of amides is 1. The van der Waals surface area contributed by atoms with Crippen molar-refractivity contribution < 1.29 is 23.1 Å². The molecule has 96 valence electrons. The van der Waals surface area contributed by atoms with Gasteiger partial charge in [-0.3, -0.25) is 4.79 Å². The topological polar surface area (TPSA) is 66.6 Å². The second-order valence-electron chi connectivity index (χ2n) is 3.63. The van der Waals surface area contributed by atoms with Crippen LogP contribution in [0.5, 0.6) is 0 Å². The Morgan fingerprint density at radius 3 is 2.44 bits per heavy atom. The number of aliphatic hydroxyl groups is 1. The van der Waals surface area contributed by atoms with Crippen molar-refractivity contribution in [3.05, 3.63) is 0 Å². The smallest absolute Gasteiger partial charge is 0.379 e. The van der Waals surface area contributed by atoms with Crippen molar-refractivity contribution in [1.29, 1.82) is 0 Å². The van der Waals surface area contributed by atoms with E-state index in [1.54, 1.807) is 0 Å². The molecule has 1 rings (SSSR count). The van der Waals surface area contributed by atoms with Crippen LogP contribution in [0.4, 0.5) is 13.2 Å². The lowest BCUT2D eigenvalue weighted by atomic mass is 10.0. The zero-order valence-corrected chi connectivity index (χ0v) is 9.27. The molecule has 0 aliphatic carbocycles. The molecule has 1 aliphatic heterocycles. The molecule has 1 saturated heterocycles. The average molecular weight is 263 g/mol. The molecule has 0 bridgehead atoms. The van der Waals surface area contributed by atoms with Crippen LogP contribution < -0.4 is 5.73 Å². The van der Waals surface area contributed by atoms with E-state index in [1.165, 1.54) is 0 Å². The first kappa shape index (κ1) is 15.5. The van der Waals surface area contributed by atoms with E-state index < -0.39 is 30.7 Å². The highest BCUT2D eigenvalue weighted by Gasteiger charge is 2.57. The van der Waals surface area contributed by atoms with Crippen LogP contribution in [-0.4, -0.2) is 47.3 Å². The number of β-amino-alcohol motifs (C(OH)–C–C–N with tert-alkyl or cyclic N) is 1. The van der Waals surface area contributed by atoms with Gasteiger partial charge in [-0.15, -0.1) is 12.4 Å². The normalized spacial score (nSPS) is 25.4. The summed E-state index contributed by atoms with van der Waals surface area (Å²) in [4.78, 5) is 12.2. The minimum absolute atomic E-state index is 0. The van der Waals surface area contributed by atoms with Crippen molar-refractivity contribution in [2.45, 2.75) is 24.6 Å². The molecule has 0 radical (unpaired) electrons. The molecule has 1 unspecified atom stereocenters. The molecule has 0 aromatic carbocycles. The summed E-state index contributed by atoms with van der Waals surface area (Å²) in [6.45, 7) is -0.663. The summed E-state index contributed by atoms with van der Waals surface area (Å²) in [6.07, 6.45) is -5.15. The van der Waals surface area contributed by atoms with Gasteiger partial charge >= 0.3 is 6.18 Å². The first-order chi connectivity index (χ1) is 6.80. The highest BCUT2D eigenvalue weighted by atomic mass is 35.5. The van der Waals surface area contributed by atoms with Crippen molar-refractivity contribution in [3.63, 3.8) is 0 Å². The van der Waals surface area contributed by atoms with E-state index in [9.17, 15) is 23.1 Å². The Hall–Kier alpha value is -0.530. The third kappa shape index (κ3) is 2.99.